The monoisotopic (exact) mass is 543 g/mol. The van der Waals surface area contributed by atoms with Crippen molar-refractivity contribution in [1.82, 2.24) is 4.90 Å². The van der Waals surface area contributed by atoms with E-state index in [9.17, 15) is 9.59 Å². The molecule has 0 spiro atoms. The van der Waals surface area contributed by atoms with Gasteiger partial charge in [-0.3, -0.25) is 4.79 Å². The van der Waals surface area contributed by atoms with Crippen molar-refractivity contribution in [2.24, 2.45) is 17.8 Å². The molecule has 7 heteroatoms. The quantitative estimate of drug-likeness (QED) is 0.209. The highest BCUT2D eigenvalue weighted by molar-refractivity contribution is 6.74. The third-order valence-electron chi connectivity index (χ3n) is 8.48. The van der Waals surface area contributed by atoms with E-state index in [4.69, 9.17) is 13.9 Å². The van der Waals surface area contributed by atoms with Crippen LogP contribution >= 0.6 is 0 Å². The number of hydrogen-bond donors (Lipinski definition) is 0. The second-order valence-electron chi connectivity index (χ2n) is 12.3. The molecule has 1 saturated heterocycles. The summed E-state index contributed by atoms with van der Waals surface area (Å²) in [4.78, 5) is 27.5. The van der Waals surface area contributed by atoms with Crippen LogP contribution in [-0.4, -0.2) is 57.2 Å². The second kappa shape index (κ2) is 13.2. The zero-order valence-electron chi connectivity index (χ0n) is 25.1. The molecular weight excluding hydrogens is 494 g/mol. The minimum atomic E-state index is -2.08. The zero-order valence-corrected chi connectivity index (χ0v) is 26.1. The molecule has 6 atom stereocenters. The number of carbonyl (C=O) groups is 2. The lowest BCUT2D eigenvalue weighted by molar-refractivity contribution is -0.134. The van der Waals surface area contributed by atoms with Gasteiger partial charge < -0.3 is 13.9 Å². The molecule has 1 fully saturated rings. The van der Waals surface area contributed by atoms with Crippen LogP contribution in [0.25, 0.3) is 0 Å². The molecule has 1 aromatic rings. The van der Waals surface area contributed by atoms with Crippen molar-refractivity contribution in [3.8, 4) is 0 Å². The van der Waals surface area contributed by atoms with Crippen LogP contribution in [0.15, 0.2) is 54.6 Å². The second-order valence-corrected chi connectivity index (χ2v) is 17.0. The molecular formula is C31H49NO5Si. The summed E-state index contributed by atoms with van der Waals surface area (Å²) in [7, 11) is -0.396. The van der Waals surface area contributed by atoms with Gasteiger partial charge in [-0.2, -0.15) is 0 Å². The molecule has 1 heterocycles. The average molecular weight is 544 g/mol. The molecule has 0 bridgehead atoms. The first-order valence-corrected chi connectivity index (χ1v) is 16.6. The van der Waals surface area contributed by atoms with Gasteiger partial charge in [0.15, 0.2) is 8.32 Å². The van der Waals surface area contributed by atoms with E-state index < -0.39 is 14.4 Å². The first-order chi connectivity index (χ1) is 17.6. The Morgan fingerprint density at radius 2 is 1.79 bits per heavy atom. The fraction of sp³-hybridized carbons (Fsp3) is 0.613. The molecule has 1 aromatic carbocycles. The summed E-state index contributed by atoms with van der Waals surface area (Å²) in [5.74, 6) is -0.635. The van der Waals surface area contributed by atoms with Crippen molar-refractivity contribution in [3.05, 3.63) is 60.2 Å². The summed E-state index contributed by atoms with van der Waals surface area (Å²) < 4.78 is 17.9. The van der Waals surface area contributed by atoms with Crippen LogP contribution in [0.5, 0.6) is 0 Å². The largest absolute Gasteiger partial charge is 0.447 e. The van der Waals surface area contributed by atoms with Crippen LogP contribution in [0.2, 0.25) is 18.1 Å². The number of imide groups is 1. The molecule has 212 valence electrons. The van der Waals surface area contributed by atoms with Gasteiger partial charge in [-0.05, 0) is 43.0 Å². The Morgan fingerprint density at radius 1 is 1.18 bits per heavy atom. The normalized spacial score (nSPS) is 20.9. The molecule has 1 aliphatic rings. The van der Waals surface area contributed by atoms with Gasteiger partial charge in [0.05, 0.1) is 12.1 Å². The summed E-state index contributed by atoms with van der Waals surface area (Å²) in [6, 6.07) is 9.58. The lowest BCUT2D eigenvalue weighted by atomic mass is 9.85. The van der Waals surface area contributed by atoms with Gasteiger partial charge in [0, 0.05) is 18.9 Å². The van der Waals surface area contributed by atoms with Crippen LogP contribution in [-0.2, 0) is 25.1 Å². The van der Waals surface area contributed by atoms with E-state index in [1.165, 1.54) is 4.90 Å². The Hall–Kier alpha value is -2.22. The van der Waals surface area contributed by atoms with E-state index in [0.29, 0.717) is 6.42 Å². The van der Waals surface area contributed by atoms with Gasteiger partial charge in [0.25, 0.3) is 0 Å². The maximum absolute atomic E-state index is 13.6. The van der Waals surface area contributed by atoms with Gasteiger partial charge in [-0.1, -0.05) is 89.6 Å². The Balaban J connectivity index is 2.22. The third-order valence-corrected chi connectivity index (χ3v) is 13.0. The molecule has 0 aliphatic carbocycles. The molecule has 38 heavy (non-hydrogen) atoms. The molecule has 0 aromatic heterocycles. The number of amides is 2. The highest BCUT2D eigenvalue weighted by Gasteiger charge is 2.43. The molecule has 2 rings (SSSR count). The Kier molecular flexibility index (Phi) is 11.1. The fourth-order valence-electron chi connectivity index (χ4n) is 4.61. The summed E-state index contributed by atoms with van der Waals surface area (Å²) >= 11 is 0. The standard InChI is InChI=1S/C31H49NO5Si/c1-12-27(35-9)28(37-38(10,11)31(6,7)8)22(3)18-21(2)23(4)24(5)29(33)32-26(20-36-30(32)34)19-25-16-14-13-15-17-25/h12-18,22-24,26-28H,1,19-20H2,2-11H3/b21-18-/t22-,23+,24+,26-,27+,28+/m1/s1. The lowest BCUT2D eigenvalue weighted by Crippen LogP contribution is -2.49. The highest BCUT2D eigenvalue weighted by Crippen LogP contribution is 2.39. The van der Waals surface area contributed by atoms with Crippen molar-refractivity contribution in [3.63, 3.8) is 0 Å². The van der Waals surface area contributed by atoms with E-state index in [2.05, 4.69) is 53.4 Å². The number of allylic oxidation sites excluding steroid dienone is 1. The molecule has 2 amide bonds. The lowest BCUT2D eigenvalue weighted by Gasteiger charge is -2.42. The zero-order chi connectivity index (χ0) is 28.8. The molecule has 0 saturated carbocycles. The fourth-order valence-corrected chi connectivity index (χ4v) is 5.99. The first-order valence-electron chi connectivity index (χ1n) is 13.7. The van der Waals surface area contributed by atoms with Crippen molar-refractivity contribution in [2.75, 3.05) is 13.7 Å². The summed E-state index contributed by atoms with van der Waals surface area (Å²) in [5.41, 5.74) is 2.15. The molecule has 0 unspecified atom stereocenters. The summed E-state index contributed by atoms with van der Waals surface area (Å²) in [6.45, 7) is 23.5. The van der Waals surface area contributed by atoms with Crippen LogP contribution < -0.4 is 0 Å². The maximum atomic E-state index is 13.6. The third kappa shape index (κ3) is 7.67. The van der Waals surface area contributed by atoms with Crippen LogP contribution in [0.4, 0.5) is 4.79 Å². The number of rotatable bonds is 12. The number of cyclic esters (lactones) is 1. The molecule has 6 nitrogen and oxygen atoms in total. The SMILES string of the molecule is C=C[C@H](OC)[C@@H](O[Si](C)(C)C(C)(C)C)[C@H](C)/C=C(/C)[C@H](C)[C@H](C)C(=O)N1C(=O)OC[C@H]1Cc1ccccc1. The van der Waals surface area contributed by atoms with Crippen molar-refractivity contribution < 1.29 is 23.5 Å². The minimum Gasteiger partial charge on any atom is -0.447 e. The number of benzene rings is 1. The number of nitrogens with zero attached hydrogens (tertiary/aromatic N) is 1. The predicted octanol–water partition coefficient (Wildman–Crippen LogP) is 7.02. The smallest absolute Gasteiger partial charge is 0.416 e. The number of hydrogen-bond acceptors (Lipinski definition) is 5. The number of ether oxygens (including phenoxy) is 2. The van der Waals surface area contributed by atoms with Gasteiger partial charge in [-0.25, -0.2) is 9.69 Å². The van der Waals surface area contributed by atoms with E-state index in [1.54, 1.807) is 13.2 Å². The Labute approximate surface area is 231 Å². The number of methoxy groups -OCH3 is 1. The topological polar surface area (TPSA) is 65.1 Å². The predicted molar refractivity (Wildman–Crippen MR) is 156 cm³/mol. The van der Waals surface area contributed by atoms with Crippen molar-refractivity contribution in [1.29, 1.82) is 0 Å². The van der Waals surface area contributed by atoms with Crippen LogP contribution in [0, 0.1) is 17.8 Å². The summed E-state index contributed by atoms with van der Waals surface area (Å²) in [5, 5.41) is 0.0536. The minimum absolute atomic E-state index is 0.0272. The van der Waals surface area contributed by atoms with E-state index in [1.807, 2.05) is 51.1 Å². The molecule has 0 N–H and O–H groups in total. The van der Waals surface area contributed by atoms with Gasteiger partial charge in [0.1, 0.15) is 12.7 Å². The van der Waals surface area contributed by atoms with E-state index in [0.717, 1.165) is 11.1 Å². The molecule has 1 aliphatic heterocycles. The highest BCUT2D eigenvalue weighted by atomic mass is 28.4. The van der Waals surface area contributed by atoms with Gasteiger partial charge in [-0.15, -0.1) is 6.58 Å². The van der Waals surface area contributed by atoms with Gasteiger partial charge >= 0.3 is 6.09 Å². The Bertz CT molecular complexity index is 984. The maximum Gasteiger partial charge on any atom is 0.416 e. The van der Waals surface area contributed by atoms with Crippen molar-refractivity contribution >= 4 is 20.3 Å². The molecule has 0 radical (unpaired) electrons. The first kappa shape index (κ1) is 32.0. The average Bonchev–Trinajstić information content (AvgIpc) is 3.21. The van der Waals surface area contributed by atoms with Crippen LogP contribution in [0.3, 0.4) is 0 Å². The van der Waals surface area contributed by atoms with Crippen LogP contribution in [0.1, 0.15) is 54.0 Å². The number of carbonyl (C=O) groups excluding carboxylic acids is 2. The van der Waals surface area contributed by atoms with E-state index >= 15 is 0 Å². The summed E-state index contributed by atoms with van der Waals surface area (Å²) in [6.07, 6.45) is 3.56. The van der Waals surface area contributed by atoms with Crippen molar-refractivity contribution in [2.45, 2.75) is 91.3 Å². The van der Waals surface area contributed by atoms with E-state index in [-0.39, 0.29) is 53.6 Å². The van der Waals surface area contributed by atoms with Gasteiger partial charge in [0.2, 0.25) is 5.91 Å². The Morgan fingerprint density at radius 3 is 2.32 bits per heavy atom.